The molecule has 0 aliphatic carbocycles. The fourth-order valence-electron chi connectivity index (χ4n) is 2.59. The van der Waals surface area contributed by atoms with Gasteiger partial charge in [-0.05, 0) is 25.5 Å². The molecule has 0 spiro atoms. The van der Waals surface area contributed by atoms with Crippen LogP contribution in [0.4, 0.5) is 0 Å². The molecule has 1 atom stereocenters. The lowest BCUT2D eigenvalue weighted by Crippen LogP contribution is -2.17. The number of rotatable bonds is 4. The molecule has 3 aromatic rings. The van der Waals surface area contributed by atoms with Gasteiger partial charge in [0.15, 0.2) is 5.76 Å². The van der Waals surface area contributed by atoms with Gasteiger partial charge < -0.3 is 10.2 Å². The van der Waals surface area contributed by atoms with Gasteiger partial charge in [0.25, 0.3) is 0 Å². The highest BCUT2D eigenvalue weighted by atomic mass is 16.3. The Labute approximate surface area is 118 Å². The fraction of sp³-hybridized carbons (Fsp3) is 0.312. The van der Waals surface area contributed by atoms with E-state index in [0.29, 0.717) is 0 Å². The summed E-state index contributed by atoms with van der Waals surface area (Å²) in [6.45, 7) is 4.12. The van der Waals surface area contributed by atoms with Crippen LogP contribution in [-0.2, 0) is 12.8 Å². The first-order valence-electron chi connectivity index (χ1n) is 6.99. The quantitative estimate of drug-likeness (QED) is 0.763. The van der Waals surface area contributed by atoms with Crippen molar-refractivity contribution in [2.24, 2.45) is 5.73 Å². The van der Waals surface area contributed by atoms with Gasteiger partial charge in [-0.3, -0.25) is 5.10 Å². The number of aromatic amines is 1. The number of H-pyrrole nitrogens is 1. The summed E-state index contributed by atoms with van der Waals surface area (Å²) < 4.78 is 5.98. The smallest absolute Gasteiger partial charge is 0.158 e. The number of benzene rings is 1. The Morgan fingerprint density at radius 3 is 2.90 bits per heavy atom. The SMILES string of the molecule is CCc1c(-c2cc(CC(C)N)[nH]n2)oc2ccccc12. The predicted molar refractivity (Wildman–Crippen MR) is 80.5 cm³/mol. The van der Waals surface area contributed by atoms with Crippen LogP contribution in [0, 0.1) is 0 Å². The summed E-state index contributed by atoms with van der Waals surface area (Å²) in [5, 5.41) is 8.58. The Morgan fingerprint density at radius 2 is 2.15 bits per heavy atom. The number of aryl methyl sites for hydroxylation is 1. The molecule has 0 aliphatic rings. The van der Waals surface area contributed by atoms with Gasteiger partial charge in [-0.1, -0.05) is 25.1 Å². The van der Waals surface area contributed by atoms with Crippen LogP contribution >= 0.6 is 0 Å². The molecule has 0 amide bonds. The molecule has 0 radical (unpaired) electrons. The minimum Gasteiger partial charge on any atom is -0.454 e. The fourth-order valence-corrected chi connectivity index (χ4v) is 2.59. The highest BCUT2D eigenvalue weighted by Crippen LogP contribution is 2.33. The van der Waals surface area contributed by atoms with E-state index in [2.05, 4.69) is 23.2 Å². The van der Waals surface area contributed by atoms with Gasteiger partial charge in [-0.2, -0.15) is 5.10 Å². The largest absolute Gasteiger partial charge is 0.454 e. The van der Waals surface area contributed by atoms with Gasteiger partial charge in [0.05, 0.1) is 0 Å². The summed E-state index contributed by atoms with van der Waals surface area (Å²) in [7, 11) is 0. The van der Waals surface area contributed by atoms with Crippen molar-refractivity contribution in [2.75, 3.05) is 0 Å². The maximum atomic E-state index is 5.98. The van der Waals surface area contributed by atoms with E-state index >= 15 is 0 Å². The second-order valence-electron chi connectivity index (χ2n) is 5.22. The van der Waals surface area contributed by atoms with Crippen LogP contribution in [0.25, 0.3) is 22.4 Å². The molecule has 0 aliphatic heterocycles. The number of nitrogens with zero attached hydrogens (tertiary/aromatic N) is 1. The number of para-hydroxylation sites is 1. The van der Waals surface area contributed by atoms with E-state index in [0.717, 1.165) is 35.6 Å². The van der Waals surface area contributed by atoms with Crippen LogP contribution in [0.2, 0.25) is 0 Å². The number of nitrogens with two attached hydrogens (primary N) is 1. The van der Waals surface area contributed by atoms with Crippen LogP contribution in [0.15, 0.2) is 34.7 Å². The van der Waals surface area contributed by atoms with Crippen LogP contribution < -0.4 is 5.73 Å². The van der Waals surface area contributed by atoms with Crippen molar-refractivity contribution < 1.29 is 4.42 Å². The van der Waals surface area contributed by atoms with E-state index in [-0.39, 0.29) is 6.04 Å². The Bertz CT molecular complexity index is 724. The number of nitrogens with one attached hydrogen (secondary N) is 1. The van der Waals surface area contributed by atoms with Crippen molar-refractivity contribution in [2.45, 2.75) is 32.7 Å². The van der Waals surface area contributed by atoms with Crippen LogP contribution in [0.1, 0.15) is 25.1 Å². The minimum absolute atomic E-state index is 0.115. The number of aromatic nitrogens is 2. The zero-order valence-electron chi connectivity index (χ0n) is 11.8. The van der Waals surface area contributed by atoms with Crippen molar-refractivity contribution >= 4 is 11.0 Å². The zero-order chi connectivity index (χ0) is 14.1. The van der Waals surface area contributed by atoms with Crippen molar-refractivity contribution in [3.63, 3.8) is 0 Å². The second kappa shape index (κ2) is 5.13. The lowest BCUT2D eigenvalue weighted by atomic mass is 10.1. The first-order valence-corrected chi connectivity index (χ1v) is 6.99. The third-order valence-corrected chi connectivity index (χ3v) is 3.46. The van der Waals surface area contributed by atoms with E-state index in [1.165, 1.54) is 10.9 Å². The summed E-state index contributed by atoms with van der Waals surface area (Å²) >= 11 is 0. The molecule has 4 nitrogen and oxygen atoms in total. The molecular formula is C16H19N3O. The van der Waals surface area contributed by atoms with E-state index in [1.807, 2.05) is 31.2 Å². The maximum Gasteiger partial charge on any atom is 0.158 e. The summed E-state index contributed by atoms with van der Waals surface area (Å²) in [5.74, 6) is 0.862. The van der Waals surface area contributed by atoms with E-state index < -0.39 is 0 Å². The molecule has 104 valence electrons. The highest BCUT2D eigenvalue weighted by molar-refractivity contribution is 5.87. The summed E-state index contributed by atoms with van der Waals surface area (Å²) in [6.07, 6.45) is 1.70. The minimum atomic E-state index is 0.115. The Hall–Kier alpha value is -2.07. The average Bonchev–Trinajstić information content (AvgIpc) is 3.01. The standard InChI is InChI=1S/C16H19N3O/c1-3-12-13-6-4-5-7-15(13)20-16(12)14-9-11(18-19-14)8-10(2)17/h4-7,9-10H,3,8,17H2,1-2H3,(H,18,19). The predicted octanol–water partition coefficient (Wildman–Crippen LogP) is 3.28. The number of hydrogen-bond donors (Lipinski definition) is 2. The maximum absolute atomic E-state index is 5.98. The van der Waals surface area contributed by atoms with Crippen LogP contribution in [0.3, 0.4) is 0 Å². The molecule has 2 heterocycles. The van der Waals surface area contributed by atoms with Gasteiger partial charge in [-0.25, -0.2) is 0 Å². The Morgan fingerprint density at radius 1 is 1.35 bits per heavy atom. The molecule has 0 fully saturated rings. The van der Waals surface area contributed by atoms with Gasteiger partial charge in [0, 0.05) is 29.1 Å². The Kier molecular flexibility index (Phi) is 3.32. The summed E-state index contributed by atoms with van der Waals surface area (Å²) in [5.41, 5.74) is 9.83. The third kappa shape index (κ3) is 2.23. The normalized spacial score (nSPS) is 12.9. The molecule has 4 heteroatoms. The van der Waals surface area contributed by atoms with Crippen molar-refractivity contribution in [3.8, 4) is 11.5 Å². The summed E-state index contributed by atoms with van der Waals surface area (Å²) in [4.78, 5) is 0. The zero-order valence-corrected chi connectivity index (χ0v) is 11.8. The Balaban J connectivity index is 2.07. The number of furan rings is 1. The van der Waals surface area contributed by atoms with Crippen LogP contribution in [0.5, 0.6) is 0 Å². The number of fused-ring (bicyclic) bond motifs is 1. The number of hydrogen-bond acceptors (Lipinski definition) is 3. The summed E-state index contributed by atoms with van der Waals surface area (Å²) in [6, 6.07) is 10.3. The third-order valence-electron chi connectivity index (χ3n) is 3.46. The first kappa shape index (κ1) is 12.9. The first-order chi connectivity index (χ1) is 9.69. The molecule has 0 saturated heterocycles. The van der Waals surface area contributed by atoms with Crippen molar-refractivity contribution in [1.82, 2.24) is 10.2 Å². The second-order valence-corrected chi connectivity index (χ2v) is 5.22. The van der Waals surface area contributed by atoms with E-state index in [1.54, 1.807) is 0 Å². The molecule has 1 unspecified atom stereocenters. The lowest BCUT2D eigenvalue weighted by Gasteiger charge is -1.99. The topological polar surface area (TPSA) is 67.8 Å². The highest BCUT2D eigenvalue weighted by Gasteiger charge is 2.16. The monoisotopic (exact) mass is 269 g/mol. The van der Waals surface area contributed by atoms with Gasteiger partial charge in [-0.15, -0.1) is 0 Å². The lowest BCUT2D eigenvalue weighted by molar-refractivity contribution is 0.624. The molecule has 3 N–H and O–H groups in total. The molecule has 1 aromatic carbocycles. The van der Waals surface area contributed by atoms with Crippen molar-refractivity contribution in [3.05, 3.63) is 41.6 Å². The average molecular weight is 269 g/mol. The van der Waals surface area contributed by atoms with Gasteiger partial charge in [0.1, 0.15) is 11.3 Å². The van der Waals surface area contributed by atoms with Gasteiger partial charge >= 0.3 is 0 Å². The van der Waals surface area contributed by atoms with Crippen LogP contribution in [-0.4, -0.2) is 16.2 Å². The van der Waals surface area contributed by atoms with E-state index in [4.69, 9.17) is 10.2 Å². The molecular weight excluding hydrogens is 250 g/mol. The van der Waals surface area contributed by atoms with Gasteiger partial charge in [0.2, 0.25) is 0 Å². The van der Waals surface area contributed by atoms with Crippen molar-refractivity contribution in [1.29, 1.82) is 0 Å². The molecule has 0 bridgehead atoms. The molecule has 0 saturated carbocycles. The molecule has 3 rings (SSSR count). The molecule has 20 heavy (non-hydrogen) atoms. The molecule has 2 aromatic heterocycles. The van der Waals surface area contributed by atoms with E-state index in [9.17, 15) is 0 Å².